The molecule has 0 saturated heterocycles. The lowest BCUT2D eigenvalue weighted by Gasteiger charge is -2.08. The first-order chi connectivity index (χ1) is 10.2. The van der Waals surface area contributed by atoms with Gasteiger partial charge in [0.2, 0.25) is 0 Å². The number of hydrogen-bond donors (Lipinski definition) is 0. The summed E-state index contributed by atoms with van der Waals surface area (Å²) in [6, 6.07) is 10.9. The van der Waals surface area contributed by atoms with E-state index in [0.29, 0.717) is 17.0 Å². The van der Waals surface area contributed by atoms with E-state index in [4.69, 9.17) is 9.47 Å². The zero-order valence-corrected chi connectivity index (χ0v) is 11.6. The molecule has 0 atom stereocenters. The third-order valence-electron chi connectivity index (χ3n) is 3.12. The summed E-state index contributed by atoms with van der Waals surface area (Å²) in [5.74, 6) is 0.262. The summed E-state index contributed by atoms with van der Waals surface area (Å²) in [5.41, 5.74) is 2.41. The molecule has 6 heteroatoms. The first-order valence-corrected chi connectivity index (χ1v) is 6.30. The highest BCUT2D eigenvalue weighted by Crippen LogP contribution is 2.24. The summed E-state index contributed by atoms with van der Waals surface area (Å²) < 4.78 is 11.5. The Morgan fingerprint density at radius 2 is 2.05 bits per heavy atom. The van der Waals surface area contributed by atoms with Crippen LogP contribution >= 0.6 is 0 Å². The van der Waals surface area contributed by atoms with Gasteiger partial charge >= 0.3 is 5.97 Å². The van der Waals surface area contributed by atoms with Gasteiger partial charge in [0.15, 0.2) is 11.3 Å². The molecule has 21 heavy (non-hydrogen) atoms. The second kappa shape index (κ2) is 5.24. The molecule has 0 aliphatic heterocycles. The minimum atomic E-state index is -0.463. The van der Waals surface area contributed by atoms with Gasteiger partial charge in [-0.25, -0.2) is 14.3 Å². The lowest BCUT2D eigenvalue weighted by Crippen LogP contribution is -2.10. The number of esters is 1. The molecule has 0 spiro atoms. The van der Waals surface area contributed by atoms with E-state index >= 15 is 0 Å². The van der Waals surface area contributed by atoms with Crippen LogP contribution in [0.2, 0.25) is 0 Å². The van der Waals surface area contributed by atoms with Crippen LogP contribution in [0.25, 0.3) is 16.9 Å². The SMILES string of the molecule is COC(=O)c1cc(-c2cccc(OC)c2)nc2ccnn12. The van der Waals surface area contributed by atoms with Gasteiger partial charge in [0.25, 0.3) is 0 Å². The molecule has 106 valence electrons. The molecule has 0 amide bonds. The van der Waals surface area contributed by atoms with Crippen molar-refractivity contribution in [3.8, 4) is 17.0 Å². The molecular formula is C15H13N3O3. The molecular weight excluding hydrogens is 270 g/mol. The summed E-state index contributed by atoms with van der Waals surface area (Å²) in [7, 11) is 2.94. The first-order valence-electron chi connectivity index (χ1n) is 6.30. The zero-order valence-electron chi connectivity index (χ0n) is 11.6. The number of hydrogen-bond acceptors (Lipinski definition) is 5. The van der Waals surface area contributed by atoms with Crippen molar-refractivity contribution in [1.82, 2.24) is 14.6 Å². The average molecular weight is 283 g/mol. The van der Waals surface area contributed by atoms with E-state index in [9.17, 15) is 4.79 Å². The van der Waals surface area contributed by atoms with E-state index in [1.165, 1.54) is 11.6 Å². The lowest BCUT2D eigenvalue weighted by molar-refractivity contribution is 0.0590. The van der Waals surface area contributed by atoms with Crippen LogP contribution in [0.15, 0.2) is 42.6 Å². The van der Waals surface area contributed by atoms with Crippen molar-refractivity contribution in [2.75, 3.05) is 14.2 Å². The quantitative estimate of drug-likeness (QED) is 0.689. The smallest absolute Gasteiger partial charge is 0.356 e. The van der Waals surface area contributed by atoms with Crippen LogP contribution in [0.5, 0.6) is 5.75 Å². The normalized spacial score (nSPS) is 10.6. The van der Waals surface area contributed by atoms with Crippen LogP contribution in [-0.4, -0.2) is 34.8 Å². The lowest BCUT2D eigenvalue weighted by atomic mass is 10.1. The predicted molar refractivity (Wildman–Crippen MR) is 76.3 cm³/mol. The standard InChI is InChI=1S/C15H13N3O3/c1-20-11-5-3-4-10(8-11)12-9-13(15(19)21-2)18-14(17-12)6-7-16-18/h3-9H,1-2H3. The van der Waals surface area contributed by atoms with E-state index in [1.54, 1.807) is 25.4 Å². The van der Waals surface area contributed by atoms with Crippen LogP contribution in [0, 0.1) is 0 Å². The first kappa shape index (κ1) is 13.1. The number of fused-ring (bicyclic) bond motifs is 1. The van der Waals surface area contributed by atoms with Crippen molar-refractivity contribution in [2.24, 2.45) is 0 Å². The summed E-state index contributed by atoms with van der Waals surface area (Å²) in [5, 5.41) is 4.08. The number of ether oxygens (including phenoxy) is 2. The number of aromatic nitrogens is 3. The minimum Gasteiger partial charge on any atom is -0.497 e. The molecule has 6 nitrogen and oxygen atoms in total. The third kappa shape index (κ3) is 2.31. The highest BCUT2D eigenvalue weighted by Gasteiger charge is 2.15. The molecule has 2 aromatic heterocycles. The van der Waals surface area contributed by atoms with E-state index in [1.807, 2.05) is 24.3 Å². The van der Waals surface area contributed by atoms with Gasteiger partial charge in [0, 0.05) is 11.6 Å². The largest absolute Gasteiger partial charge is 0.497 e. The summed E-state index contributed by atoms with van der Waals surface area (Å²) in [6.45, 7) is 0. The Balaban J connectivity index is 2.20. The molecule has 0 bridgehead atoms. The van der Waals surface area contributed by atoms with Crippen molar-refractivity contribution in [2.45, 2.75) is 0 Å². The van der Waals surface area contributed by atoms with E-state index in [-0.39, 0.29) is 0 Å². The van der Waals surface area contributed by atoms with Crippen LogP contribution in [0.3, 0.4) is 0 Å². The number of carbonyl (C=O) groups is 1. The van der Waals surface area contributed by atoms with Crippen molar-refractivity contribution >= 4 is 11.6 Å². The van der Waals surface area contributed by atoms with Gasteiger partial charge in [-0.05, 0) is 18.2 Å². The number of carbonyl (C=O) groups excluding carboxylic acids is 1. The maximum atomic E-state index is 11.9. The van der Waals surface area contributed by atoms with Gasteiger partial charge in [-0.2, -0.15) is 5.10 Å². The molecule has 0 unspecified atom stereocenters. The maximum Gasteiger partial charge on any atom is 0.356 e. The van der Waals surface area contributed by atoms with E-state index in [0.717, 1.165) is 11.3 Å². The van der Waals surface area contributed by atoms with Crippen LogP contribution in [0.1, 0.15) is 10.5 Å². The topological polar surface area (TPSA) is 65.7 Å². The number of nitrogens with zero attached hydrogens (tertiary/aromatic N) is 3. The zero-order chi connectivity index (χ0) is 14.8. The number of methoxy groups -OCH3 is 2. The van der Waals surface area contributed by atoms with Gasteiger partial charge in [0.1, 0.15) is 5.75 Å². The predicted octanol–water partition coefficient (Wildman–Crippen LogP) is 2.19. The summed E-state index contributed by atoms with van der Waals surface area (Å²) in [6.07, 6.45) is 1.59. The van der Waals surface area contributed by atoms with Crippen molar-refractivity contribution < 1.29 is 14.3 Å². The second-order valence-corrected chi connectivity index (χ2v) is 4.35. The van der Waals surface area contributed by atoms with Gasteiger partial charge in [-0.15, -0.1) is 0 Å². The highest BCUT2D eigenvalue weighted by atomic mass is 16.5. The third-order valence-corrected chi connectivity index (χ3v) is 3.12. The van der Waals surface area contributed by atoms with Crippen LogP contribution in [0.4, 0.5) is 0 Å². The van der Waals surface area contributed by atoms with Gasteiger partial charge in [-0.3, -0.25) is 0 Å². The molecule has 0 fully saturated rings. The second-order valence-electron chi connectivity index (χ2n) is 4.35. The fourth-order valence-electron chi connectivity index (χ4n) is 2.09. The van der Waals surface area contributed by atoms with Gasteiger partial charge in [-0.1, -0.05) is 12.1 Å². The van der Waals surface area contributed by atoms with Crippen molar-refractivity contribution in [3.05, 3.63) is 48.3 Å². The maximum absolute atomic E-state index is 11.9. The number of rotatable bonds is 3. The number of benzene rings is 1. The van der Waals surface area contributed by atoms with Gasteiger partial charge in [0.05, 0.1) is 26.1 Å². The molecule has 0 aliphatic rings. The van der Waals surface area contributed by atoms with E-state index < -0.39 is 5.97 Å². The molecule has 2 heterocycles. The van der Waals surface area contributed by atoms with E-state index in [2.05, 4.69) is 10.1 Å². The van der Waals surface area contributed by atoms with Crippen LogP contribution < -0.4 is 4.74 Å². The molecule has 0 N–H and O–H groups in total. The average Bonchev–Trinajstić information content (AvgIpc) is 3.01. The molecule has 0 saturated carbocycles. The molecule has 0 radical (unpaired) electrons. The fraction of sp³-hybridized carbons (Fsp3) is 0.133. The Bertz CT molecular complexity index is 811. The highest BCUT2D eigenvalue weighted by molar-refractivity contribution is 5.89. The summed E-state index contributed by atoms with van der Waals surface area (Å²) in [4.78, 5) is 16.4. The molecule has 3 aromatic rings. The Morgan fingerprint density at radius 3 is 2.81 bits per heavy atom. The Hall–Kier alpha value is -2.89. The fourth-order valence-corrected chi connectivity index (χ4v) is 2.09. The van der Waals surface area contributed by atoms with Crippen molar-refractivity contribution in [1.29, 1.82) is 0 Å². The monoisotopic (exact) mass is 283 g/mol. The van der Waals surface area contributed by atoms with Crippen molar-refractivity contribution in [3.63, 3.8) is 0 Å². The summed E-state index contributed by atoms with van der Waals surface area (Å²) >= 11 is 0. The molecule has 0 aliphatic carbocycles. The Morgan fingerprint density at radius 1 is 1.19 bits per heavy atom. The minimum absolute atomic E-state index is 0.324. The Labute approximate surface area is 120 Å². The molecule has 1 aromatic carbocycles. The van der Waals surface area contributed by atoms with Crippen LogP contribution in [-0.2, 0) is 4.74 Å². The Kier molecular flexibility index (Phi) is 3.27. The molecule has 3 rings (SSSR count). The van der Waals surface area contributed by atoms with Gasteiger partial charge < -0.3 is 9.47 Å².